The maximum Gasteiger partial charge on any atom is 0.222 e. The Bertz CT molecular complexity index is 460. The van der Waals surface area contributed by atoms with Crippen LogP contribution in [-0.2, 0) is 14.8 Å². The molecule has 0 aromatic rings. The Morgan fingerprint density at radius 2 is 1.86 bits per heavy atom. The van der Waals surface area contributed by atoms with Gasteiger partial charge in [0, 0.05) is 51.6 Å². The minimum absolute atomic E-state index is 0.0574. The van der Waals surface area contributed by atoms with Gasteiger partial charge in [0.1, 0.15) is 0 Å². The molecule has 2 saturated heterocycles. The Morgan fingerprint density at radius 1 is 1.19 bits per heavy atom. The topological polar surface area (TPSA) is 86.9 Å². The van der Waals surface area contributed by atoms with Gasteiger partial charge in [-0.25, -0.2) is 13.6 Å². The first-order chi connectivity index (χ1) is 9.83. The number of sulfonamides is 1. The first kappa shape index (κ1) is 16.7. The molecule has 0 aliphatic carbocycles. The first-order valence-corrected chi connectivity index (χ1v) is 9.24. The minimum atomic E-state index is -3.49. The third-order valence-corrected chi connectivity index (χ3v) is 5.20. The van der Waals surface area contributed by atoms with E-state index in [2.05, 4.69) is 16.8 Å². The Balaban J connectivity index is 1.68. The molecule has 1 amide bonds. The molecule has 2 aliphatic heterocycles. The van der Waals surface area contributed by atoms with Gasteiger partial charge in [0.25, 0.3) is 0 Å². The van der Waals surface area contributed by atoms with Crippen LogP contribution in [0.2, 0.25) is 0 Å². The molecule has 0 radical (unpaired) electrons. The smallest absolute Gasteiger partial charge is 0.222 e. The van der Waals surface area contributed by atoms with Crippen molar-refractivity contribution in [2.75, 3.05) is 58.6 Å². The third kappa shape index (κ3) is 5.54. The number of rotatable bonds is 6. The molecule has 2 aliphatic rings. The van der Waals surface area contributed by atoms with Crippen molar-refractivity contribution in [3.8, 4) is 0 Å². The highest BCUT2D eigenvalue weighted by atomic mass is 32.2. The fraction of sp³-hybridized carbons (Fsp3) is 0.923. The van der Waals surface area contributed by atoms with Gasteiger partial charge in [-0.3, -0.25) is 4.79 Å². The fourth-order valence-corrected chi connectivity index (χ4v) is 3.95. The largest absolute Gasteiger partial charge is 0.342 e. The second-order valence-corrected chi connectivity index (χ2v) is 7.90. The molecule has 0 saturated carbocycles. The van der Waals surface area contributed by atoms with E-state index in [1.165, 1.54) is 0 Å². The molecule has 0 bridgehead atoms. The summed E-state index contributed by atoms with van der Waals surface area (Å²) in [5, 5.41) is 5.05. The maximum absolute atomic E-state index is 11.9. The zero-order valence-electron chi connectivity index (χ0n) is 12.7. The van der Waals surface area contributed by atoms with Crippen molar-refractivity contribution >= 4 is 15.9 Å². The van der Waals surface area contributed by atoms with Crippen molar-refractivity contribution in [1.29, 1.82) is 0 Å². The van der Waals surface area contributed by atoms with Crippen molar-refractivity contribution < 1.29 is 13.2 Å². The predicted molar refractivity (Wildman–Crippen MR) is 81.2 cm³/mol. The molecular formula is C13H26N4O3S. The molecule has 1 unspecified atom stereocenters. The zero-order valence-corrected chi connectivity index (χ0v) is 13.5. The average Bonchev–Trinajstić information content (AvgIpc) is 2.70. The number of carbonyl (C=O) groups excluding carboxylic acids is 1. The van der Waals surface area contributed by atoms with E-state index in [0.717, 1.165) is 39.1 Å². The Kier molecular flexibility index (Phi) is 5.59. The van der Waals surface area contributed by atoms with Gasteiger partial charge in [0.2, 0.25) is 15.9 Å². The SMILES string of the molecule is CN1CCN(CCCN2CC(CS(N)(=O)=O)CC2=O)CC1. The van der Waals surface area contributed by atoms with E-state index in [-0.39, 0.29) is 17.6 Å². The van der Waals surface area contributed by atoms with Gasteiger partial charge in [-0.1, -0.05) is 0 Å². The van der Waals surface area contributed by atoms with Crippen LogP contribution < -0.4 is 5.14 Å². The van der Waals surface area contributed by atoms with Crippen LogP contribution in [0, 0.1) is 5.92 Å². The van der Waals surface area contributed by atoms with Gasteiger partial charge in [-0.15, -0.1) is 0 Å². The van der Waals surface area contributed by atoms with Gasteiger partial charge in [0.15, 0.2) is 0 Å². The Morgan fingerprint density at radius 3 is 2.48 bits per heavy atom. The molecule has 7 nitrogen and oxygen atoms in total. The summed E-state index contributed by atoms with van der Waals surface area (Å²) in [6.45, 7) is 6.59. The molecule has 2 rings (SSSR count). The molecule has 0 aromatic carbocycles. The van der Waals surface area contributed by atoms with E-state index in [1.807, 2.05) is 0 Å². The summed E-state index contributed by atoms with van der Waals surface area (Å²) in [6, 6.07) is 0. The second-order valence-electron chi connectivity index (χ2n) is 6.24. The van der Waals surface area contributed by atoms with Crippen LogP contribution in [-0.4, -0.2) is 87.6 Å². The van der Waals surface area contributed by atoms with E-state index in [4.69, 9.17) is 5.14 Å². The normalized spacial score (nSPS) is 25.7. The van der Waals surface area contributed by atoms with Crippen LogP contribution in [0.4, 0.5) is 0 Å². The number of nitrogens with zero attached hydrogens (tertiary/aromatic N) is 3. The molecule has 2 N–H and O–H groups in total. The molecule has 1 atom stereocenters. The lowest BCUT2D eigenvalue weighted by Crippen LogP contribution is -2.45. The van der Waals surface area contributed by atoms with Crippen molar-refractivity contribution in [2.45, 2.75) is 12.8 Å². The summed E-state index contributed by atoms with van der Waals surface area (Å²) in [6.07, 6.45) is 1.25. The maximum atomic E-state index is 11.9. The Labute approximate surface area is 127 Å². The van der Waals surface area contributed by atoms with E-state index >= 15 is 0 Å². The van der Waals surface area contributed by atoms with Crippen LogP contribution in [0.1, 0.15) is 12.8 Å². The summed E-state index contributed by atoms with van der Waals surface area (Å²) in [5.74, 6) is -0.175. The van der Waals surface area contributed by atoms with Crippen LogP contribution in [0.15, 0.2) is 0 Å². The van der Waals surface area contributed by atoms with Crippen molar-refractivity contribution in [3.63, 3.8) is 0 Å². The minimum Gasteiger partial charge on any atom is -0.342 e. The highest BCUT2D eigenvalue weighted by Crippen LogP contribution is 2.19. The van der Waals surface area contributed by atoms with Gasteiger partial charge >= 0.3 is 0 Å². The number of hydrogen-bond donors (Lipinski definition) is 1. The van der Waals surface area contributed by atoms with Gasteiger partial charge in [0.05, 0.1) is 5.75 Å². The monoisotopic (exact) mass is 318 g/mol. The lowest BCUT2D eigenvalue weighted by atomic mass is 10.1. The second kappa shape index (κ2) is 7.04. The van der Waals surface area contributed by atoms with Gasteiger partial charge < -0.3 is 14.7 Å². The van der Waals surface area contributed by atoms with Crippen molar-refractivity contribution in [1.82, 2.24) is 14.7 Å². The average molecular weight is 318 g/mol. The molecule has 21 heavy (non-hydrogen) atoms. The fourth-order valence-electron chi connectivity index (χ4n) is 3.07. The lowest BCUT2D eigenvalue weighted by molar-refractivity contribution is -0.127. The van der Waals surface area contributed by atoms with Gasteiger partial charge in [-0.2, -0.15) is 0 Å². The summed E-state index contributed by atoms with van der Waals surface area (Å²) >= 11 is 0. The number of amides is 1. The van der Waals surface area contributed by atoms with Crippen LogP contribution in [0.5, 0.6) is 0 Å². The number of primary sulfonamides is 1. The molecule has 2 fully saturated rings. The van der Waals surface area contributed by atoms with E-state index in [9.17, 15) is 13.2 Å². The van der Waals surface area contributed by atoms with E-state index in [0.29, 0.717) is 19.5 Å². The number of hydrogen-bond acceptors (Lipinski definition) is 5. The van der Waals surface area contributed by atoms with Crippen LogP contribution in [0.3, 0.4) is 0 Å². The number of likely N-dealkylation sites (tertiary alicyclic amines) is 1. The zero-order chi connectivity index (χ0) is 15.5. The summed E-state index contributed by atoms with van der Waals surface area (Å²) < 4.78 is 22.2. The van der Waals surface area contributed by atoms with Crippen LogP contribution >= 0.6 is 0 Å². The molecule has 0 spiro atoms. The predicted octanol–water partition coefficient (Wildman–Crippen LogP) is -1.24. The lowest BCUT2D eigenvalue weighted by Gasteiger charge is -2.32. The van der Waals surface area contributed by atoms with Gasteiger partial charge in [-0.05, 0) is 20.0 Å². The van der Waals surface area contributed by atoms with Crippen molar-refractivity contribution in [2.24, 2.45) is 11.1 Å². The summed E-state index contributed by atoms with van der Waals surface area (Å²) in [7, 11) is -1.36. The summed E-state index contributed by atoms with van der Waals surface area (Å²) in [4.78, 5) is 18.4. The number of nitrogens with two attached hydrogens (primary N) is 1. The molecule has 2 heterocycles. The highest BCUT2D eigenvalue weighted by Gasteiger charge is 2.31. The highest BCUT2D eigenvalue weighted by molar-refractivity contribution is 7.89. The third-order valence-electron chi connectivity index (χ3n) is 4.26. The Hall–Kier alpha value is -0.700. The first-order valence-electron chi connectivity index (χ1n) is 7.52. The van der Waals surface area contributed by atoms with E-state index in [1.54, 1.807) is 4.90 Å². The molecule has 0 aromatic heterocycles. The standard InChI is InChI=1S/C13H26N4O3S/c1-15-5-7-16(8-6-15)3-2-4-17-10-12(9-13(17)18)11-21(14,19)20/h12H,2-11H2,1H3,(H2,14,19,20). The number of piperazine rings is 1. The number of carbonyl (C=O) groups is 1. The van der Waals surface area contributed by atoms with E-state index < -0.39 is 10.0 Å². The quantitative estimate of drug-likeness (QED) is 0.662. The molecular weight excluding hydrogens is 292 g/mol. The van der Waals surface area contributed by atoms with Crippen molar-refractivity contribution in [3.05, 3.63) is 0 Å². The molecule has 8 heteroatoms. The summed E-state index contributed by atoms with van der Waals surface area (Å²) in [5.41, 5.74) is 0. The number of likely N-dealkylation sites (N-methyl/N-ethyl adjacent to an activating group) is 1. The molecule has 122 valence electrons. The van der Waals surface area contributed by atoms with Crippen LogP contribution in [0.25, 0.3) is 0 Å².